The summed E-state index contributed by atoms with van der Waals surface area (Å²) in [6.45, 7) is 14.0. The molecule has 0 radical (unpaired) electrons. The first-order valence-electron chi connectivity index (χ1n) is 22.9. The van der Waals surface area contributed by atoms with Crippen LogP contribution in [0.1, 0.15) is 145 Å². The third-order valence-electron chi connectivity index (χ3n) is 14.3. The van der Waals surface area contributed by atoms with Crippen LogP contribution < -0.4 is 0 Å². The second kappa shape index (κ2) is 22.8. The number of Topliss-reactive ketones (excluding diaryl/α,β-unsaturated/α-hetero) is 2. The van der Waals surface area contributed by atoms with Crippen LogP contribution in [0.2, 0.25) is 0 Å². The Morgan fingerprint density at radius 3 is 2.32 bits per heavy atom. The summed E-state index contributed by atoms with van der Waals surface area (Å²) in [6, 6.07) is -1.03. The number of carbonyl (C=O) groups is 4. The number of aliphatic hydroxyl groups is 3. The molecule has 1 saturated carbocycles. The lowest BCUT2D eigenvalue weighted by Gasteiger charge is -2.50. The monoisotopic (exact) mass is 824 g/mol. The smallest absolute Gasteiger partial charge is 0.329 e. The van der Waals surface area contributed by atoms with E-state index in [9.17, 15) is 34.5 Å². The average Bonchev–Trinajstić information content (AvgIpc) is 3.20. The van der Waals surface area contributed by atoms with Crippen molar-refractivity contribution < 1.29 is 44.0 Å². The number of rotatable bonds is 3. The molecule has 2 bridgehead atoms. The van der Waals surface area contributed by atoms with Gasteiger partial charge in [-0.3, -0.25) is 14.4 Å². The highest BCUT2D eigenvalue weighted by molar-refractivity contribution is 6.39. The van der Waals surface area contributed by atoms with Crippen LogP contribution in [0.15, 0.2) is 47.6 Å². The van der Waals surface area contributed by atoms with Crippen molar-refractivity contribution in [2.24, 2.45) is 47.3 Å². The number of methoxy groups -OCH3 is 1. The van der Waals surface area contributed by atoms with Gasteiger partial charge in [-0.2, -0.15) is 0 Å². The van der Waals surface area contributed by atoms with E-state index in [2.05, 4.69) is 32.9 Å². The molecule has 3 heterocycles. The molecule has 1 aliphatic carbocycles. The van der Waals surface area contributed by atoms with Gasteiger partial charge in [-0.1, -0.05) is 108 Å². The van der Waals surface area contributed by atoms with E-state index >= 15 is 0 Å². The van der Waals surface area contributed by atoms with Crippen LogP contribution in [0.5, 0.6) is 0 Å². The zero-order valence-corrected chi connectivity index (χ0v) is 37.4. The second-order valence-corrected chi connectivity index (χ2v) is 19.1. The number of amides is 1. The lowest BCUT2D eigenvalue weighted by Crippen LogP contribution is -2.64. The molecule has 0 aromatic heterocycles. The molecule has 332 valence electrons. The molecule has 10 nitrogen and oxygen atoms in total. The van der Waals surface area contributed by atoms with Crippen molar-refractivity contribution in [3.8, 4) is 0 Å². The van der Waals surface area contributed by atoms with Gasteiger partial charge in [0.2, 0.25) is 5.79 Å². The SMILES string of the molecule is COC1CCC[C@@H](C[C@H]2C3CCCN4C(=O)C(=O)C(O)(O)C(C)CCCCC/C(C)=C/C=C/C=C/[C@@H](C)CC(C)C(=O)CC(C)/C(C)=C/[C@@H](C)C(O)C[C@@H]2OC(=O)[C@H]34)C1. The number of hydrogen-bond donors (Lipinski definition) is 3. The molecule has 10 heteroatoms. The van der Waals surface area contributed by atoms with E-state index in [4.69, 9.17) is 9.47 Å². The molecular formula is C49H77NO9. The van der Waals surface area contributed by atoms with E-state index in [-0.39, 0.29) is 60.4 Å². The first-order chi connectivity index (χ1) is 27.9. The highest BCUT2D eigenvalue weighted by Crippen LogP contribution is 2.45. The summed E-state index contributed by atoms with van der Waals surface area (Å²) >= 11 is 0. The number of ether oxygens (including phenoxy) is 2. The Morgan fingerprint density at radius 2 is 1.59 bits per heavy atom. The number of carbonyl (C=O) groups excluding carboxylic acids is 4. The van der Waals surface area contributed by atoms with Crippen LogP contribution in [0.25, 0.3) is 0 Å². The summed E-state index contributed by atoms with van der Waals surface area (Å²) in [5.74, 6) is -6.83. The van der Waals surface area contributed by atoms with Crippen molar-refractivity contribution in [1.29, 1.82) is 0 Å². The molecule has 4 aliphatic rings. The van der Waals surface area contributed by atoms with Gasteiger partial charge < -0.3 is 29.7 Å². The van der Waals surface area contributed by atoms with E-state index < -0.39 is 47.6 Å². The van der Waals surface area contributed by atoms with Crippen molar-refractivity contribution >= 4 is 23.4 Å². The molecule has 1 amide bonds. The van der Waals surface area contributed by atoms with Gasteiger partial charge in [0.1, 0.15) is 17.9 Å². The summed E-state index contributed by atoms with van der Waals surface area (Å²) in [6.07, 6.45) is 21.9. The van der Waals surface area contributed by atoms with Crippen LogP contribution in [0.4, 0.5) is 0 Å². The molecule has 59 heavy (non-hydrogen) atoms. The molecule has 0 aromatic rings. The Morgan fingerprint density at radius 1 is 0.847 bits per heavy atom. The lowest BCUT2D eigenvalue weighted by atomic mass is 9.68. The summed E-state index contributed by atoms with van der Waals surface area (Å²) in [7, 11) is 1.74. The zero-order valence-electron chi connectivity index (χ0n) is 37.4. The molecule has 3 aliphatic heterocycles. The molecule has 12 atom stereocenters. The first kappa shape index (κ1) is 48.7. The predicted molar refractivity (Wildman–Crippen MR) is 231 cm³/mol. The number of esters is 1. The fraction of sp³-hybridized carbons (Fsp3) is 0.755. The van der Waals surface area contributed by atoms with Gasteiger partial charge in [-0.15, -0.1) is 0 Å². The fourth-order valence-electron chi connectivity index (χ4n) is 10.1. The summed E-state index contributed by atoms with van der Waals surface area (Å²) < 4.78 is 12.0. The van der Waals surface area contributed by atoms with Gasteiger partial charge >= 0.3 is 5.97 Å². The molecule has 3 fully saturated rings. The first-order valence-corrected chi connectivity index (χ1v) is 22.9. The maximum atomic E-state index is 14.0. The van der Waals surface area contributed by atoms with Crippen LogP contribution >= 0.6 is 0 Å². The number of allylic oxidation sites excluding steroid dienone is 7. The minimum atomic E-state index is -2.87. The number of fused-ring (bicyclic) bond motifs is 2. The highest BCUT2D eigenvalue weighted by Gasteiger charge is 2.54. The molecule has 0 spiro atoms. The van der Waals surface area contributed by atoms with Crippen LogP contribution in [-0.4, -0.2) is 87.5 Å². The Labute approximate surface area is 354 Å². The average molecular weight is 824 g/mol. The van der Waals surface area contributed by atoms with Crippen LogP contribution in [0, 0.1) is 47.3 Å². The summed E-state index contributed by atoms with van der Waals surface area (Å²) in [5, 5.41) is 34.0. The molecule has 4 rings (SSSR count). The van der Waals surface area contributed by atoms with Crippen molar-refractivity contribution in [2.75, 3.05) is 13.7 Å². The van der Waals surface area contributed by atoms with E-state index in [1.807, 2.05) is 45.1 Å². The van der Waals surface area contributed by atoms with Crippen LogP contribution in [-0.2, 0) is 28.7 Å². The topological polar surface area (TPSA) is 151 Å². The van der Waals surface area contributed by atoms with Gasteiger partial charge in [0.05, 0.1) is 12.2 Å². The normalized spacial score (nSPS) is 39.8. The van der Waals surface area contributed by atoms with Gasteiger partial charge in [-0.25, -0.2) is 4.79 Å². The minimum Gasteiger partial charge on any atom is -0.460 e. The summed E-state index contributed by atoms with van der Waals surface area (Å²) in [4.78, 5) is 56.3. The van der Waals surface area contributed by atoms with Crippen molar-refractivity contribution in [3.05, 3.63) is 47.6 Å². The molecule has 6 unspecified atom stereocenters. The Kier molecular flexibility index (Phi) is 18.8. The number of nitrogens with zero attached hydrogens (tertiary/aromatic N) is 1. The Hall–Kier alpha value is -2.92. The van der Waals surface area contributed by atoms with Gasteiger partial charge in [0, 0.05) is 50.2 Å². The highest BCUT2D eigenvalue weighted by atomic mass is 16.5. The summed E-state index contributed by atoms with van der Waals surface area (Å²) in [5.41, 5.74) is 2.25. The second-order valence-electron chi connectivity index (χ2n) is 19.1. The third kappa shape index (κ3) is 13.5. The Balaban J connectivity index is 1.61. The number of aliphatic hydroxyl groups excluding tert-OH is 1. The molecule has 3 N–H and O–H groups in total. The maximum absolute atomic E-state index is 14.0. The molecule has 2 saturated heterocycles. The zero-order chi connectivity index (χ0) is 43.4. The van der Waals surface area contributed by atoms with Crippen molar-refractivity contribution in [2.45, 2.75) is 175 Å². The largest absolute Gasteiger partial charge is 0.460 e. The molecule has 0 aromatic carbocycles. The van der Waals surface area contributed by atoms with Gasteiger partial charge in [-0.05, 0) is 95.3 Å². The van der Waals surface area contributed by atoms with Crippen LogP contribution in [0.3, 0.4) is 0 Å². The number of ketones is 2. The minimum absolute atomic E-state index is 0.00197. The van der Waals surface area contributed by atoms with E-state index in [0.717, 1.165) is 63.4 Å². The Bertz CT molecular complexity index is 1540. The molecular weight excluding hydrogens is 747 g/mol. The fourth-order valence-corrected chi connectivity index (χ4v) is 10.1. The number of piperidine rings is 1. The standard InChI is InChI=1S/C49H77NO9/c1-31-17-11-9-13-19-32(2)25-35(5)42(51)27-34(4)33(3)26-36(6)43(52)30-44-41(29-38-21-15-22-39(28-38)58-8)40-23-16-24-50(45(40)48(55)59-44)47(54)46(53)49(56,57)37(7)20-14-10-12-18-31/h9,11,13,17,19,26,32,34-41,43-45,52,56-57H,10,12,14-16,18,20-25,27-30H2,1-8H3/b11-9+,19-13+,31-17+,33-26+/t32-,34?,35?,36-,37?,38-,39?,40?,41+,43?,44+,45+/m1/s1. The van der Waals surface area contributed by atoms with E-state index in [1.54, 1.807) is 14.0 Å². The van der Waals surface area contributed by atoms with Gasteiger partial charge in [0.25, 0.3) is 11.7 Å². The van der Waals surface area contributed by atoms with Gasteiger partial charge in [0.15, 0.2) is 0 Å². The third-order valence-corrected chi connectivity index (χ3v) is 14.3. The number of hydrogen-bond acceptors (Lipinski definition) is 9. The van der Waals surface area contributed by atoms with Crippen molar-refractivity contribution in [3.63, 3.8) is 0 Å². The quantitative estimate of drug-likeness (QED) is 0.111. The lowest BCUT2D eigenvalue weighted by molar-refractivity contribution is -0.208. The van der Waals surface area contributed by atoms with E-state index in [1.165, 1.54) is 10.5 Å². The predicted octanol–water partition coefficient (Wildman–Crippen LogP) is 8.23. The maximum Gasteiger partial charge on any atom is 0.329 e. The van der Waals surface area contributed by atoms with Crippen molar-refractivity contribution in [1.82, 2.24) is 4.90 Å². The van der Waals surface area contributed by atoms with E-state index in [0.29, 0.717) is 38.0 Å².